The number of ether oxygens (including phenoxy) is 1. The first-order valence-electron chi connectivity index (χ1n) is 3.12. The van der Waals surface area contributed by atoms with Gasteiger partial charge in [-0.2, -0.15) is 0 Å². The van der Waals surface area contributed by atoms with E-state index < -0.39 is 18.0 Å². The Balaban J connectivity index is 3.40. The molecule has 0 fully saturated rings. The van der Waals surface area contributed by atoms with Gasteiger partial charge in [0.2, 0.25) is 0 Å². The topological polar surface area (TPSA) is 83.8 Å². The van der Waals surface area contributed by atoms with Crippen molar-refractivity contribution in [1.29, 1.82) is 0 Å². The molecular formula is C6H10O5. The molecule has 0 aliphatic carbocycles. The second kappa shape index (κ2) is 4.68. The number of hydrogen-bond acceptors (Lipinski definition) is 4. The van der Waals surface area contributed by atoms with E-state index in [1.165, 1.54) is 6.92 Å². The van der Waals surface area contributed by atoms with Crippen molar-refractivity contribution >= 4 is 11.9 Å². The molecule has 0 aromatic carbocycles. The maximum Gasteiger partial charge on any atom is 0.417 e. The lowest BCUT2D eigenvalue weighted by molar-refractivity contribution is -0.164. The van der Waals surface area contributed by atoms with Gasteiger partial charge in [-0.15, -0.1) is 0 Å². The molecule has 0 heterocycles. The zero-order valence-electron chi connectivity index (χ0n) is 6.11. The average molecular weight is 162 g/mol. The summed E-state index contributed by atoms with van der Waals surface area (Å²) < 4.78 is 4.22. The quantitative estimate of drug-likeness (QED) is 0.427. The molecule has 0 aromatic rings. The minimum Gasteiger partial charge on any atom is -0.473 e. The predicted octanol–water partition coefficient (Wildman–Crippen LogP) is -0.615. The molecule has 1 unspecified atom stereocenters. The molecule has 64 valence electrons. The Bertz CT molecular complexity index is 151. The number of rotatable bonds is 3. The number of aliphatic carboxylic acids is 1. The summed E-state index contributed by atoms with van der Waals surface area (Å²) in [5, 5.41) is 16.7. The van der Waals surface area contributed by atoms with Crippen LogP contribution in [0.25, 0.3) is 0 Å². The van der Waals surface area contributed by atoms with Crippen LogP contribution < -0.4 is 0 Å². The summed E-state index contributed by atoms with van der Waals surface area (Å²) in [4.78, 5) is 20.1. The minimum atomic E-state index is -1.62. The summed E-state index contributed by atoms with van der Waals surface area (Å²) in [7, 11) is 0. The number of carbonyl (C=O) groups excluding carboxylic acids is 1. The van der Waals surface area contributed by atoms with E-state index >= 15 is 0 Å². The van der Waals surface area contributed by atoms with Crippen LogP contribution >= 0.6 is 0 Å². The molecule has 1 atom stereocenters. The van der Waals surface area contributed by atoms with Gasteiger partial charge in [0, 0.05) is 6.42 Å². The highest BCUT2D eigenvalue weighted by atomic mass is 16.6. The first kappa shape index (κ1) is 9.90. The van der Waals surface area contributed by atoms with Crippen LogP contribution in [0.1, 0.15) is 13.3 Å². The van der Waals surface area contributed by atoms with E-state index in [9.17, 15) is 9.59 Å². The van der Waals surface area contributed by atoms with Crippen molar-refractivity contribution in [3.05, 3.63) is 0 Å². The molecule has 0 aliphatic rings. The Morgan fingerprint density at radius 1 is 1.55 bits per heavy atom. The van der Waals surface area contributed by atoms with Crippen LogP contribution in [0.2, 0.25) is 0 Å². The highest BCUT2D eigenvalue weighted by Gasteiger charge is 2.12. The molecule has 5 heteroatoms. The number of carbonyl (C=O) groups is 2. The van der Waals surface area contributed by atoms with Crippen LogP contribution in [0.4, 0.5) is 0 Å². The maximum absolute atomic E-state index is 10.2. The van der Waals surface area contributed by atoms with Crippen LogP contribution in [0.15, 0.2) is 0 Å². The molecule has 5 nitrogen and oxygen atoms in total. The third kappa shape index (κ3) is 5.35. The number of esters is 1. The van der Waals surface area contributed by atoms with Gasteiger partial charge in [0.15, 0.2) is 0 Å². The largest absolute Gasteiger partial charge is 0.473 e. The van der Waals surface area contributed by atoms with Gasteiger partial charge in [0.05, 0.1) is 12.7 Å². The fraction of sp³-hybridized carbons (Fsp3) is 0.667. The molecule has 2 N–H and O–H groups in total. The molecule has 0 aliphatic heterocycles. The summed E-state index contributed by atoms with van der Waals surface area (Å²) in [5.41, 5.74) is 0. The van der Waals surface area contributed by atoms with Crippen molar-refractivity contribution < 1.29 is 24.5 Å². The van der Waals surface area contributed by atoms with E-state index in [1.54, 1.807) is 0 Å². The molecule has 0 aromatic heterocycles. The van der Waals surface area contributed by atoms with E-state index in [-0.39, 0.29) is 13.0 Å². The van der Waals surface area contributed by atoms with Crippen LogP contribution in [-0.4, -0.2) is 34.9 Å². The smallest absolute Gasteiger partial charge is 0.417 e. The van der Waals surface area contributed by atoms with Crippen molar-refractivity contribution in [1.82, 2.24) is 0 Å². The highest BCUT2D eigenvalue weighted by Crippen LogP contribution is 1.90. The highest BCUT2D eigenvalue weighted by molar-refractivity contribution is 6.28. The van der Waals surface area contributed by atoms with Crippen LogP contribution in [0, 0.1) is 0 Å². The first-order chi connectivity index (χ1) is 5.04. The fourth-order valence-corrected chi connectivity index (χ4v) is 0.384. The number of carboxylic acids is 1. The van der Waals surface area contributed by atoms with Crippen molar-refractivity contribution in [2.75, 3.05) is 6.61 Å². The van der Waals surface area contributed by atoms with E-state index in [2.05, 4.69) is 4.74 Å². The fourth-order valence-electron chi connectivity index (χ4n) is 0.384. The van der Waals surface area contributed by atoms with Gasteiger partial charge < -0.3 is 14.9 Å². The normalized spacial score (nSPS) is 12.2. The van der Waals surface area contributed by atoms with Gasteiger partial charge in [-0.3, -0.25) is 0 Å². The molecule has 0 bridgehead atoms. The first-order valence-corrected chi connectivity index (χ1v) is 3.12. The van der Waals surface area contributed by atoms with Gasteiger partial charge in [0.25, 0.3) is 0 Å². The van der Waals surface area contributed by atoms with Crippen LogP contribution in [0.3, 0.4) is 0 Å². The number of aliphatic hydroxyl groups excluding tert-OH is 1. The van der Waals surface area contributed by atoms with Crippen molar-refractivity contribution in [3.8, 4) is 0 Å². The van der Waals surface area contributed by atoms with Crippen molar-refractivity contribution in [2.45, 2.75) is 19.4 Å². The zero-order valence-corrected chi connectivity index (χ0v) is 6.11. The number of hydrogen-bond donors (Lipinski definition) is 2. The molecule has 0 amide bonds. The average Bonchev–Trinajstić information content (AvgIpc) is 1.86. The monoisotopic (exact) mass is 162 g/mol. The molecule has 0 saturated carbocycles. The molecule has 11 heavy (non-hydrogen) atoms. The van der Waals surface area contributed by atoms with Gasteiger partial charge >= 0.3 is 11.9 Å². The van der Waals surface area contributed by atoms with Gasteiger partial charge in [-0.1, -0.05) is 0 Å². The lowest BCUT2D eigenvalue weighted by Gasteiger charge is -2.02. The molecule has 0 rings (SSSR count). The second-order valence-electron chi connectivity index (χ2n) is 2.08. The van der Waals surface area contributed by atoms with Crippen molar-refractivity contribution in [3.63, 3.8) is 0 Å². The zero-order chi connectivity index (χ0) is 8.85. The lowest BCUT2D eigenvalue weighted by Crippen LogP contribution is -2.18. The molecule has 0 spiro atoms. The van der Waals surface area contributed by atoms with Gasteiger partial charge in [-0.25, -0.2) is 9.59 Å². The summed E-state index contributed by atoms with van der Waals surface area (Å²) in [5.74, 6) is -2.90. The Labute approximate surface area is 63.6 Å². The van der Waals surface area contributed by atoms with E-state index in [0.717, 1.165) is 0 Å². The molecular weight excluding hydrogens is 152 g/mol. The SMILES string of the molecule is CC(O)CCOC(=O)C(=O)O. The minimum absolute atomic E-state index is 0.0667. The third-order valence-corrected chi connectivity index (χ3v) is 0.943. The maximum atomic E-state index is 10.2. The number of carboxylic acid groups (broad SMARTS) is 1. The van der Waals surface area contributed by atoms with E-state index in [1.807, 2.05) is 0 Å². The Hall–Kier alpha value is -1.10. The van der Waals surface area contributed by atoms with Crippen molar-refractivity contribution in [2.24, 2.45) is 0 Å². The Morgan fingerprint density at radius 3 is 2.45 bits per heavy atom. The lowest BCUT2D eigenvalue weighted by atomic mass is 10.3. The predicted molar refractivity (Wildman–Crippen MR) is 34.9 cm³/mol. The standard InChI is InChI=1S/C6H10O5/c1-4(7)2-3-11-6(10)5(8)9/h4,7H,2-3H2,1H3,(H,8,9). The summed E-state index contributed by atoms with van der Waals surface area (Å²) in [6.07, 6.45) is -0.337. The molecule has 0 saturated heterocycles. The van der Waals surface area contributed by atoms with E-state index in [4.69, 9.17) is 10.2 Å². The van der Waals surface area contributed by atoms with Crippen LogP contribution in [0.5, 0.6) is 0 Å². The third-order valence-electron chi connectivity index (χ3n) is 0.943. The molecule has 0 radical (unpaired) electrons. The van der Waals surface area contributed by atoms with Crippen LogP contribution in [-0.2, 0) is 14.3 Å². The van der Waals surface area contributed by atoms with Gasteiger partial charge in [0.1, 0.15) is 0 Å². The Morgan fingerprint density at radius 2 is 2.09 bits per heavy atom. The second-order valence-corrected chi connectivity index (χ2v) is 2.08. The number of aliphatic hydroxyl groups is 1. The van der Waals surface area contributed by atoms with Gasteiger partial charge in [-0.05, 0) is 6.92 Å². The Kier molecular flexibility index (Phi) is 4.21. The summed E-state index contributed by atoms with van der Waals surface area (Å²) in [6, 6.07) is 0. The summed E-state index contributed by atoms with van der Waals surface area (Å²) in [6.45, 7) is 1.46. The summed E-state index contributed by atoms with van der Waals surface area (Å²) >= 11 is 0. The van der Waals surface area contributed by atoms with E-state index in [0.29, 0.717) is 0 Å².